The van der Waals surface area contributed by atoms with E-state index in [0.29, 0.717) is 0 Å². The minimum atomic E-state index is 0.273. The minimum absolute atomic E-state index is 0.273. The summed E-state index contributed by atoms with van der Waals surface area (Å²) in [5.74, 6) is 0. The molecule has 0 bridgehead atoms. The smallest absolute Gasteiger partial charge is 0.0846 e. The second-order valence-corrected chi connectivity index (χ2v) is 3.45. The van der Waals surface area contributed by atoms with Gasteiger partial charge in [-0.2, -0.15) is 5.10 Å². The van der Waals surface area contributed by atoms with Crippen molar-refractivity contribution >= 4 is 0 Å². The number of ether oxygens (including phenoxy) is 1. The van der Waals surface area contributed by atoms with E-state index in [0.717, 1.165) is 25.5 Å². The van der Waals surface area contributed by atoms with Gasteiger partial charge in [-0.25, -0.2) is 0 Å². The Bertz CT molecular complexity index is 289. The molecule has 1 aliphatic heterocycles. The summed E-state index contributed by atoms with van der Waals surface area (Å²) < 4.78 is 7.24. The molecule has 4 nitrogen and oxygen atoms in total. The lowest BCUT2D eigenvalue weighted by atomic mass is 10.1. The normalized spacial score (nSPS) is 23.4. The van der Waals surface area contributed by atoms with Crippen LogP contribution in [-0.4, -0.2) is 29.5 Å². The summed E-state index contributed by atoms with van der Waals surface area (Å²) in [5, 5.41) is 7.80. The van der Waals surface area contributed by atoms with E-state index in [1.165, 1.54) is 5.56 Å². The van der Waals surface area contributed by atoms with E-state index in [1.807, 2.05) is 17.9 Å². The molecule has 2 heterocycles. The Labute approximate surface area is 77.9 Å². The average Bonchev–Trinajstić information content (AvgIpc) is 2.47. The van der Waals surface area contributed by atoms with Gasteiger partial charge < -0.3 is 10.1 Å². The summed E-state index contributed by atoms with van der Waals surface area (Å²) in [6.07, 6.45) is 2.03. The maximum atomic E-state index is 5.39. The number of nitrogens with one attached hydrogen (secondary N) is 1. The van der Waals surface area contributed by atoms with Gasteiger partial charge >= 0.3 is 0 Å². The van der Waals surface area contributed by atoms with Crippen LogP contribution in [0.1, 0.15) is 17.3 Å². The monoisotopic (exact) mass is 181 g/mol. The van der Waals surface area contributed by atoms with Gasteiger partial charge in [0.15, 0.2) is 0 Å². The van der Waals surface area contributed by atoms with Crippen LogP contribution in [0.5, 0.6) is 0 Å². The molecule has 0 spiro atoms. The van der Waals surface area contributed by atoms with Crippen LogP contribution in [0.3, 0.4) is 0 Å². The first-order valence-electron chi connectivity index (χ1n) is 4.58. The van der Waals surface area contributed by atoms with Crippen molar-refractivity contribution in [3.63, 3.8) is 0 Å². The summed E-state index contributed by atoms with van der Waals surface area (Å²) in [6.45, 7) is 4.54. The van der Waals surface area contributed by atoms with E-state index in [4.69, 9.17) is 4.74 Å². The van der Waals surface area contributed by atoms with Crippen LogP contribution in [0.15, 0.2) is 6.20 Å². The van der Waals surface area contributed by atoms with Gasteiger partial charge in [0.05, 0.1) is 24.9 Å². The molecule has 72 valence electrons. The van der Waals surface area contributed by atoms with Crippen LogP contribution in [0, 0.1) is 6.92 Å². The van der Waals surface area contributed by atoms with Crippen molar-refractivity contribution < 1.29 is 4.74 Å². The third-order valence-corrected chi connectivity index (χ3v) is 2.30. The van der Waals surface area contributed by atoms with E-state index in [1.54, 1.807) is 0 Å². The van der Waals surface area contributed by atoms with Crippen molar-refractivity contribution in [2.24, 2.45) is 7.05 Å². The zero-order chi connectivity index (χ0) is 9.26. The number of hydrogen-bond donors (Lipinski definition) is 1. The highest BCUT2D eigenvalue weighted by Gasteiger charge is 2.19. The van der Waals surface area contributed by atoms with Gasteiger partial charge in [0.25, 0.3) is 0 Å². The highest BCUT2D eigenvalue weighted by atomic mass is 16.5. The van der Waals surface area contributed by atoms with Gasteiger partial charge in [-0.1, -0.05) is 0 Å². The van der Waals surface area contributed by atoms with Crippen molar-refractivity contribution in [1.29, 1.82) is 0 Å². The topological polar surface area (TPSA) is 39.1 Å². The molecular formula is C9H15N3O. The second-order valence-electron chi connectivity index (χ2n) is 3.45. The highest BCUT2D eigenvalue weighted by molar-refractivity contribution is 5.19. The molecule has 1 atom stereocenters. The first kappa shape index (κ1) is 8.72. The lowest BCUT2D eigenvalue weighted by Crippen LogP contribution is -2.35. The molecule has 0 aliphatic carbocycles. The van der Waals surface area contributed by atoms with Crippen LogP contribution in [0.2, 0.25) is 0 Å². The maximum absolute atomic E-state index is 5.39. The Hall–Kier alpha value is -0.870. The second kappa shape index (κ2) is 3.47. The van der Waals surface area contributed by atoms with Crippen LogP contribution < -0.4 is 5.32 Å². The fourth-order valence-corrected chi connectivity index (χ4v) is 1.71. The third kappa shape index (κ3) is 1.73. The molecule has 1 aliphatic rings. The van der Waals surface area contributed by atoms with Gasteiger partial charge in [-0.05, 0) is 12.5 Å². The number of rotatable bonds is 1. The number of aromatic nitrogens is 2. The fraction of sp³-hybridized carbons (Fsp3) is 0.667. The van der Waals surface area contributed by atoms with Crippen LogP contribution >= 0.6 is 0 Å². The lowest BCUT2D eigenvalue weighted by Gasteiger charge is -2.22. The fourth-order valence-electron chi connectivity index (χ4n) is 1.71. The van der Waals surface area contributed by atoms with Gasteiger partial charge in [-0.15, -0.1) is 0 Å². The third-order valence-electron chi connectivity index (χ3n) is 2.30. The Morgan fingerprint density at radius 3 is 3.08 bits per heavy atom. The van der Waals surface area contributed by atoms with E-state index < -0.39 is 0 Å². The Kier molecular flexibility index (Phi) is 2.33. The summed E-state index contributed by atoms with van der Waals surface area (Å²) in [5.41, 5.74) is 2.34. The molecular weight excluding hydrogens is 166 g/mol. The molecule has 0 aromatic carbocycles. The maximum Gasteiger partial charge on any atom is 0.0846 e. The Balaban J connectivity index is 2.18. The number of aryl methyl sites for hydroxylation is 2. The largest absolute Gasteiger partial charge is 0.378 e. The number of nitrogens with zero attached hydrogens (tertiary/aromatic N) is 2. The summed E-state index contributed by atoms with van der Waals surface area (Å²) >= 11 is 0. The number of morpholine rings is 1. The summed E-state index contributed by atoms with van der Waals surface area (Å²) in [7, 11) is 1.94. The molecule has 0 radical (unpaired) electrons. The molecule has 1 aromatic rings. The van der Waals surface area contributed by atoms with Crippen molar-refractivity contribution in [3.8, 4) is 0 Å². The quantitative estimate of drug-likeness (QED) is 0.681. The zero-order valence-corrected chi connectivity index (χ0v) is 8.08. The first-order valence-corrected chi connectivity index (χ1v) is 4.58. The van der Waals surface area contributed by atoms with Gasteiger partial charge in [0.2, 0.25) is 0 Å². The molecule has 1 fully saturated rings. The average molecular weight is 181 g/mol. The Morgan fingerprint density at radius 2 is 2.54 bits per heavy atom. The first-order chi connectivity index (χ1) is 6.27. The van der Waals surface area contributed by atoms with Crippen molar-refractivity contribution in [2.75, 3.05) is 19.8 Å². The van der Waals surface area contributed by atoms with Crippen LogP contribution in [-0.2, 0) is 11.8 Å². The molecule has 4 heteroatoms. The van der Waals surface area contributed by atoms with Crippen LogP contribution in [0.25, 0.3) is 0 Å². The summed E-state index contributed by atoms with van der Waals surface area (Å²) in [6, 6.07) is 0.273. The molecule has 1 unspecified atom stereocenters. The molecule has 2 rings (SSSR count). The molecule has 1 saturated heterocycles. The molecule has 13 heavy (non-hydrogen) atoms. The SMILES string of the molecule is Cc1cn(C)nc1C1COCCN1. The van der Waals surface area contributed by atoms with E-state index in [2.05, 4.69) is 17.3 Å². The molecule has 1 N–H and O–H groups in total. The zero-order valence-electron chi connectivity index (χ0n) is 8.08. The number of hydrogen-bond acceptors (Lipinski definition) is 3. The Morgan fingerprint density at radius 1 is 1.69 bits per heavy atom. The highest BCUT2D eigenvalue weighted by Crippen LogP contribution is 2.17. The van der Waals surface area contributed by atoms with Crippen LogP contribution in [0.4, 0.5) is 0 Å². The standard InChI is InChI=1S/C9H15N3O/c1-7-5-12(2)11-9(7)8-6-13-4-3-10-8/h5,8,10H,3-4,6H2,1-2H3. The van der Waals surface area contributed by atoms with Crippen molar-refractivity contribution in [1.82, 2.24) is 15.1 Å². The predicted molar refractivity (Wildman–Crippen MR) is 49.5 cm³/mol. The predicted octanol–water partition coefficient (Wildman–Crippen LogP) is 0.389. The van der Waals surface area contributed by atoms with E-state index in [-0.39, 0.29) is 6.04 Å². The van der Waals surface area contributed by atoms with Crippen molar-refractivity contribution in [3.05, 3.63) is 17.5 Å². The minimum Gasteiger partial charge on any atom is -0.378 e. The van der Waals surface area contributed by atoms with Gasteiger partial charge in [-0.3, -0.25) is 4.68 Å². The molecule has 0 saturated carbocycles. The van der Waals surface area contributed by atoms with E-state index >= 15 is 0 Å². The molecule has 1 aromatic heterocycles. The van der Waals surface area contributed by atoms with Gasteiger partial charge in [0, 0.05) is 19.8 Å². The van der Waals surface area contributed by atoms with E-state index in [9.17, 15) is 0 Å². The molecule has 0 amide bonds. The van der Waals surface area contributed by atoms with Gasteiger partial charge in [0.1, 0.15) is 0 Å². The van der Waals surface area contributed by atoms with Crippen molar-refractivity contribution in [2.45, 2.75) is 13.0 Å². The summed E-state index contributed by atoms with van der Waals surface area (Å²) in [4.78, 5) is 0. The lowest BCUT2D eigenvalue weighted by molar-refractivity contribution is 0.0752.